The number of anilines is 1. The first-order valence-electron chi connectivity index (χ1n) is 7.78. The number of amides is 1. The van der Waals surface area contributed by atoms with Gasteiger partial charge in [0.25, 0.3) is 0 Å². The van der Waals surface area contributed by atoms with Crippen LogP contribution >= 0.6 is 11.8 Å². The Morgan fingerprint density at radius 3 is 2.91 bits per heavy atom. The van der Waals surface area contributed by atoms with Gasteiger partial charge < -0.3 is 4.52 Å². The van der Waals surface area contributed by atoms with Gasteiger partial charge in [0.15, 0.2) is 0 Å². The normalized spacial score (nSPS) is 20.2. The topological polar surface area (TPSA) is 58.4 Å². The summed E-state index contributed by atoms with van der Waals surface area (Å²) in [5, 5.41) is 6.99. The Morgan fingerprint density at radius 2 is 2.22 bits per heavy atom. The molecule has 5 nitrogen and oxygen atoms in total. The molecule has 1 aliphatic heterocycles. The molecule has 1 aromatic carbocycles. The zero-order chi connectivity index (χ0) is 16.2. The van der Waals surface area contributed by atoms with Gasteiger partial charge in [-0.15, -0.1) is 0 Å². The molecule has 3 rings (SSSR count). The number of thioether (sulfide) groups is 1. The molecule has 1 aromatic heterocycles. The number of benzene rings is 1. The maximum absolute atomic E-state index is 12.4. The standard InChI is InChI=1S/C17H21N3O2S/c1-12-10-16(22-19-12)18-17(21)13(2)20-8-9-23-15(11-20)14-6-4-3-5-7-14/h3-7,10,13,15H,8-9,11H2,1-2H3,(H,18,21)/t13-,15+/m0/s1. The van der Waals surface area contributed by atoms with Crippen molar-refractivity contribution in [1.82, 2.24) is 10.1 Å². The van der Waals surface area contributed by atoms with Gasteiger partial charge in [-0.25, -0.2) is 0 Å². The average Bonchev–Trinajstić information content (AvgIpc) is 3.00. The average molecular weight is 331 g/mol. The van der Waals surface area contributed by atoms with E-state index in [0.717, 1.165) is 24.5 Å². The van der Waals surface area contributed by atoms with E-state index in [2.05, 4.69) is 39.6 Å². The highest BCUT2D eigenvalue weighted by atomic mass is 32.2. The van der Waals surface area contributed by atoms with E-state index in [-0.39, 0.29) is 11.9 Å². The van der Waals surface area contributed by atoms with Gasteiger partial charge in [0.2, 0.25) is 11.8 Å². The monoisotopic (exact) mass is 331 g/mol. The molecule has 0 unspecified atom stereocenters. The number of hydrogen-bond acceptors (Lipinski definition) is 5. The zero-order valence-electron chi connectivity index (χ0n) is 13.4. The smallest absolute Gasteiger partial charge is 0.243 e. The molecule has 1 amide bonds. The highest BCUT2D eigenvalue weighted by Gasteiger charge is 2.28. The third-order valence-electron chi connectivity index (χ3n) is 4.07. The van der Waals surface area contributed by atoms with E-state index in [9.17, 15) is 4.79 Å². The maximum Gasteiger partial charge on any atom is 0.243 e. The van der Waals surface area contributed by atoms with Crippen molar-refractivity contribution in [3.05, 3.63) is 47.7 Å². The van der Waals surface area contributed by atoms with Crippen LogP contribution in [0.3, 0.4) is 0 Å². The minimum absolute atomic E-state index is 0.0557. The molecule has 2 heterocycles. The minimum atomic E-state index is -0.201. The van der Waals surface area contributed by atoms with Crippen molar-refractivity contribution in [2.75, 3.05) is 24.2 Å². The van der Waals surface area contributed by atoms with Crippen molar-refractivity contribution in [2.45, 2.75) is 25.1 Å². The molecule has 2 aromatic rings. The quantitative estimate of drug-likeness (QED) is 0.933. The lowest BCUT2D eigenvalue weighted by atomic mass is 10.1. The molecule has 0 spiro atoms. The number of hydrogen-bond donors (Lipinski definition) is 1. The van der Waals surface area contributed by atoms with Crippen LogP contribution in [0.25, 0.3) is 0 Å². The molecule has 23 heavy (non-hydrogen) atoms. The van der Waals surface area contributed by atoms with Crippen molar-refractivity contribution in [3.8, 4) is 0 Å². The summed E-state index contributed by atoms with van der Waals surface area (Å²) in [4.78, 5) is 14.6. The Morgan fingerprint density at radius 1 is 1.43 bits per heavy atom. The second-order valence-corrected chi connectivity index (χ2v) is 7.07. The molecule has 1 N–H and O–H groups in total. The number of nitrogens with zero attached hydrogens (tertiary/aromatic N) is 2. The zero-order valence-corrected chi connectivity index (χ0v) is 14.2. The lowest BCUT2D eigenvalue weighted by Gasteiger charge is -2.35. The lowest BCUT2D eigenvalue weighted by Crippen LogP contribution is -2.46. The number of aryl methyl sites for hydroxylation is 1. The molecule has 1 saturated heterocycles. The van der Waals surface area contributed by atoms with Gasteiger partial charge in [-0.05, 0) is 19.4 Å². The largest absolute Gasteiger partial charge is 0.338 e. The summed E-state index contributed by atoms with van der Waals surface area (Å²) in [6.07, 6.45) is 0. The molecule has 122 valence electrons. The van der Waals surface area contributed by atoms with Crippen LogP contribution in [-0.2, 0) is 4.79 Å². The Labute approximate surface area is 140 Å². The van der Waals surface area contributed by atoms with E-state index in [1.165, 1.54) is 5.56 Å². The first kappa shape index (κ1) is 16.1. The number of aromatic nitrogens is 1. The van der Waals surface area contributed by atoms with Gasteiger partial charge in [0.05, 0.1) is 11.7 Å². The van der Waals surface area contributed by atoms with Crippen molar-refractivity contribution in [3.63, 3.8) is 0 Å². The number of carbonyl (C=O) groups is 1. The summed E-state index contributed by atoms with van der Waals surface area (Å²) in [6, 6.07) is 12.0. The van der Waals surface area contributed by atoms with Crippen molar-refractivity contribution < 1.29 is 9.32 Å². The van der Waals surface area contributed by atoms with Crippen LogP contribution in [0.15, 0.2) is 40.9 Å². The van der Waals surface area contributed by atoms with E-state index in [4.69, 9.17) is 4.52 Å². The Balaban J connectivity index is 1.62. The molecule has 0 radical (unpaired) electrons. The number of rotatable bonds is 4. The van der Waals surface area contributed by atoms with Crippen molar-refractivity contribution >= 4 is 23.6 Å². The maximum atomic E-state index is 12.4. The molecule has 0 saturated carbocycles. The summed E-state index contributed by atoms with van der Waals surface area (Å²) in [6.45, 7) is 5.56. The van der Waals surface area contributed by atoms with E-state index in [0.29, 0.717) is 11.1 Å². The number of carbonyl (C=O) groups excluding carboxylic acids is 1. The van der Waals surface area contributed by atoms with E-state index in [1.54, 1.807) is 6.07 Å². The minimum Gasteiger partial charge on any atom is -0.338 e. The summed E-state index contributed by atoms with van der Waals surface area (Å²) in [7, 11) is 0. The second kappa shape index (κ2) is 7.19. The first-order valence-corrected chi connectivity index (χ1v) is 8.83. The summed E-state index contributed by atoms with van der Waals surface area (Å²) < 4.78 is 5.06. The SMILES string of the molecule is Cc1cc(NC(=O)[C@H](C)N2CCS[C@@H](c3ccccc3)C2)on1. The third-order valence-corrected chi connectivity index (χ3v) is 5.31. The van der Waals surface area contributed by atoms with Crippen LogP contribution in [0.2, 0.25) is 0 Å². The van der Waals surface area contributed by atoms with Gasteiger partial charge in [-0.3, -0.25) is 15.0 Å². The Hall–Kier alpha value is -1.79. The van der Waals surface area contributed by atoms with Gasteiger partial charge in [0.1, 0.15) is 0 Å². The number of nitrogens with one attached hydrogen (secondary N) is 1. The van der Waals surface area contributed by atoms with Gasteiger partial charge >= 0.3 is 0 Å². The predicted molar refractivity (Wildman–Crippen MR) is 92.5 cm³/mol. The molecular weight excluding hydrogens is 310 g/mol. The fourth-order valence-corrected chi connectivity index (χ4v) is 3.98. The van der Waals surface area contributed by atoms with E-state index >= 15 is 0 Å². The highest BCUT2D eigenvalue weighted by molar-refractivity contribution is 7.99. The lowest BCUT2D eigenvalue weighted by molar-refractivity contribution is -0.120. The van der Waals surface area contributed by atoms with Crippen molar-refractivity contribution in [1.29, 1.82) is 0 Å². The first-order chi connectivity index (χ1) is 11.1. The highest BCUT2D eigenvalue weighted by Crippen LogP contribution is 2.33. The Bertz CT molecular complexity index is 659. The van der Waals surface area contributed by atoms with Crippen LogP contribution in [-0.4, -0.2) is 40.8 Å². The third kappa shape index (κ3) is 3.95. The molecule has 0 bridgehead atoms. The Kier molecular flexibility index (Phi) is 5.03. The van der Waals surface area contributed by atoms with E-state index < -0.39 is 0 Å². The van der Waals surface area contributed by atoms with Gasteiger partial charge in [-0.2, -0.15) is 11.8 Å². The summed E-state index contributed by atoms with van der Waals surface area (Å²) >= 11 is 1.95. The molecule has 1 aliphatic rings. The summed E-state index contributed by atoms with van der Waals surface area (Å²) in [5.41, 5.74) is 2.08. The second-order valence-electron chi connectivity index (χ2n) is 5.76. The fraction of sp³-hybridized carbons (Fsp3) is 0.412. The van der Waals surface area contributed by atoms with Gasteiger partial charge in [-0.1, -0.05) is 35.5 Å². The molecule has 6 heteroatoms. The van der Waals surface area contributed by atoms with E-state index in [1.807, 2.05) is 31.7 Å². The van der Waals surface area contributed by atoms with Crippen LogP contribution in [0, 0.1) is 6.92 Å². The molecule has 0 aliphatic carbocycles. The molecule has 2 atom stereocenters. The van der Waals surface area contributed by atoms with Crippen molar-refractivity contribution in [2.24, 2.45) is 0 Å². The van der Waals surface area contributed by atoms with Crippen LogP contribution < -0.4 is 5.32 Å². The molecular formula is C17H21N3O2S. The van der Waals surface area contributed by atoms with Crippen LogP contribution in [0.1, 0.15) is 23.4 Å². The van der Waals surface area contributed by atoms with Crippen LogP contribution in [0.4, 0.5) is 5.88 Å². The molecule has 1 fully saturated rings. The summed E-state index contributed by atoms with van der Waals surface area (Å²) in [5.74, 6) is 1.38. The fourth-order valence-electron chi connectivity index (χ4n) is 2.70. The van der Waals surface area contributed by atoms with Crippen LogP contribution in [0.5, 0.6) is 0 Å². The predicted octanol–water partition coefficient (Wildman–Crippen LogP) is 3.10. The van der Waals surface area contributed by atoms with Gasteiger partial charge in [0, 0.05) is 30.2 Å².